The van der Waals surface area contributed by atoms with E-state index in [0.717, 1.165) is 13.1 Å². The fourth-order valence-electron chi connectivity index (χ4n) is 5.24. The van der Waals surface area contributed by atoms with Gasteiger partial charge in [0.25, 0.3) is 0 Å². The highest BCUT2D eigenvalue weighted by molar-refractivity contribution is 5.68. The monoisotopic (exact) mass is 356 g/mol. The Morgan fingerprint density at radius 3 is 2.31 bits per heavy atom. The van der Waals surface area contributed by atoms with Crippen LogP contribution >= 0.6 is 0 Å². The lowest BCUT2D eigenvalue weighted by atomic mass is 9.88. The minimum absolute atomic E-state index is 0.0251. The van der Waals surface area contributed by atoms with E-state index in [-0.39, 0.29) is 11.6 Å². The van der Waals surface area contributed by atoms with E-state index < -0.39 is 5.60 Å². The van der Waals surface area contributed by atoms with Crippen molar-refractivity contribution in [3.8, 4) is 0 Å². The summed E-state index contributed by atoms with van der Waals surface area (Å²) in [6.45, 7) is 12.1. The van der Waals surface area contributed by atoms with Gasteiger partial charge in [-0.2, -0.15) is 0 Å². The quantitative estimate of drug-likeness (QED) is 0.787. The van der Waals surface area contributed by atoms with Gasteiger partial charge in [0.15, 0.2) is 0 Å². The maximum absolute atomic E-state index is 12.7. The van der Waals surface area contributed by atoms with E-state index in [1.807, 2.05) is 25.7 Å². The first-order valence-corrected chi connectivity index (χ1v) is 9.94. The van der Waals surface area contributed by atoms with E-state index in [2.05, 4.69) is 49.1 Å². The lowest BCUT2D eigenvalue weighted by Gasteiger charge is -2.50. The van der Waals surface area contributed by atoms with Gasteiger partial charge < -0.3 is 9.64 Å². The Balaban J connectivity index is 1.59. The zero-order chi connectivity index (χ0) is 18.7. The number of hydrogen-bond donors (Lipinski definition) is 0. The molecule has 0 aromatic heterocycles. The number of likely N-dealkylation sites (tertiary alicyclic amines) is 1. The van der Waals surface area contributed by atoms with Crippen molar-refractivity contribution in [2.45, 2.75) is 77.1 Å². The van der Waals surface area contributed by atoms with Crippen LogP contribution in [0.1, 0.15) is 59.4 Å². The van der Waals surface area contributed by atoms with Crippen molar-refractivity contribution >= 4 is 6.09 Å². The number of benzene rings is 1. The van der Waals surface area contributed by atoms with Crippen molar-refractivity contribution in [2.75, 3.05) is 13.1 Å². The molecule has 4 nitrogen and oxygen atoms in total. The van der Waals surface area contributed by atoms with Gasteiger partial charge in [0.1, 0.15) is 5.60 Å². The molecule has 1 aliphatic carbocycles. The summed E-state index contributed by atoms with van der Waals surface area (Å²) in [5, 5.41) is 0. The van der Waals surface area contributed by atoms with Gasteiger partial charge in [-0.1, -0.05) is 30.3 Å². The summed E-state index contributed by atoms with van der Waals surface area (Å²) in [5.41, 5.74) is 1.32. The average Bonchev–Trinajstić information content (AvgIpc) is 3.30. The van der Waals surface area contributed by atoms with E-state index in [0.29, 0.717) is 17.5 Å². The van der Waals surface area contributed by atoms with Crippen LogP contribution in [0.15, 0.2) is 30.3 Å². The smallest absolute Gasteiger partial charge is 0.410 e. The molecule has 2 heterocycles. The van der Waals surface area contributed by atoms with Crippen molar-refractivity contribution in [2.24, 2.45) is 5.41 Å². The first kappa shape index (κ1) is 17.8. The van der Waals surface area contributed by atoms with Crippen molar-refractivity contribution in [3.63, 3.8) is 0 Å². The van der Waals surface area contributed by atoms with Gasteiger partial charge in [0, 0.05) is 30.7 Å². The standard InChI is InChI=1S/C22H32N2O2/c1-20(2,3)26-19(25)23-14-17-13-22(11-12-22)18(15-23)24(17)21(4,5)16-9-7-6-8-10-16/h6-10,17-18H,11-15H2,1-5H3/t17-,18-/m1/s1. The number of rotatable bonds is 2. The van der Waals surface area contributed by atoms with Crippen LogP contribution in [0.5, 0.6) is 0 Å². The third-order valence-electron chi connectivity index (χ3n) is 6.57. The molecular formula is C22H32N2O2. The first-order valence-electron chi connectivity index (χ1n) is 9.94. The van der Waals surface area contributed by atoms with Gasteiger partial charge in [-0.25, -0.2) is 4.79 Å². The van der Waals surface area contributed by atoms with E-state index >= 15 is 0 Å². The van der Waals surface area contributed by atoms with Crippen LogP contribution in [0, 0.1) is 5.41 Å². The lowest BCUT2D eigenvalue weighted by Crippen LogP contribution is -2.61. The first-order chi connectivity index (χ1) is 12.1. The molecule has 1 saturated carbocycles. The third kappa shape index (κ3) is 2.92. The molecule has 3 fully saturated rings. The number of nitrogens with zero attached hydrogens (tertiary/aromatic N) is 2. The molecule has 2 aliphatic heterocycles. The molecule has 1 amide bonds. The lowest BCUT2D eigenvalue weighted by molar-refractivity contribution is -0.0330. The van der Waals surface area contributed by atoms with E-state index in [4.69, 9.17) is 4.74 Å². The number of amides is 1. The van der Waals surface area contributed by atoms with Crippen LogP contribution in [0.2, 0.25) is 0 Å². The second-order valence-electron chi connectivity index (χ2n) is 9.95. The minimum Gasteiger partial charge on any atom is -0.444 e. The molecule has 2 bridgehead atoms. The predicted molar refractivity (Wildman–Crippen MR) is 103 cm³/mol. The van der Waals surface area contributed by atoms with Crippen LogP contribution in [0.3, 0.4) is 0 Å². The minimum atomic E-state index is -0.437. The second-order valence-corrected chi connectivity index (χ2v) is 9.95. The van der Waals surface area contributed by atoms with E-state index in [1.165, 1.54) is 24.8 Å². The highest BCUT2D eigenvalue weighted by atomic mass is 16.6. The zero-order valence-electron chi connectivity index (χ0n) is 16.8. The van der Waals surface area contributed by atoms with Crippen LogP contribution in [-0.2, 0) is 10.3 Å². The van der Waals surface area contributed by atoms with Crippen molar-refractivity contribution < 1.29 is 9.53 Å². The fourth-order valence-corrected chi connectivity index (χ4v) is 5.24. The Morgan fingerprint density at radius 1 is 1.08 bits per heavy atom. The molecule has 4 heteroatoms. The fraction of sp³-hybridized carbons (Fsp3) is 0.682. The highest BCUT2D eigenvalue weighted by Crippen LogP contribution is 2.62. The summed E-state index contributed by atoms with van der Waals surface area (Å²) >= 11 is 0. The topological polar surface area (TPSA) is 32.8 Å². The van der Waals surface area contributed by atoms with Crippen LogP contribution in [0.4, 0.5) is 4.79 Å². The molecule has 0 unspecified atom stereocenters. The molecule has 1 aromatic rings. The number of fused-ring (bicyclic) bond motifs is 3. The van der Waals surface area contributed by atoms with Gasteiger partial charge in [-0.05, 0) is 64.9 Å². The molecule has 1 spiro atoms. The molecule has 0 N–H and O–H groups in total. The average molecular weight is 357 g/mol. The molecule has 0 radical (unpaired) electrons. The Bertz CT molecular complexity index is 688. The molecule has 26 heavy (non-hydrogen) atoms. The zero-order valence-corrected chi connectivity index (χ0v) is 16.8. The molecular weight excluding hydrogens is 324 g/mol. The van der Waals surface area contributed by atoms with Crippen molar-refractivity contribution in [3.05, 3.63) is 35.9 Å². The van der Waals surface area contributed by atoms with Crippen molar-refractivity contribution in [1.29, 1.82) is 0 Å². The summed E-state index contributed by atoms with van der Waals surface area (Å²) in [7, 11) is 0. The van der Waals surface area contributed by atoms with Crippen LogP contribution < -0.4 is 0 Å². The van der Waals surface area contributed by atoms with Gasteiger partial charge in [-0.3, -0.25) is 4.90 Å². The van der Waals surface area contributed by atoms with Gasteiger partial charge >= 0.3 is 6.09 Å². The Kier molecular flexibility index (Phi) is 3.93. The predicted octanol–water partition coefficient (Wildman–Crippen LogP) is 4.40. The summed E-state index contributed by atoms with van der Waals surface area (Å²) < 4.78 is 5.66. The van der Waals surface area contributed by atoms with Crippen LogP contribution in [0.25, 0.3) is 0 Å². The van der Waals surface area contributed by atoms with Gasteiger partial charge in [0.2, 0.25) is 0 Å². The maximum Gasteiger partial charge on any atom is 0.410 e. The largest absolute Gasteiger partial charge is 0.444 e. The Hall–Kier alpha value is -1.55. The normalized spacial score (nSPS) is 27.7. The molecule has 4 rings (SSSR count). The highest BCUT2D eigenvalue weighted by Gasteiger charge is 2.64. The number of carbonyl (C=O) groups is 1. The Morgan fingerprint density at radius 2 is 1.73 bits per heavy atom. The SMILES string of the molecule is CC(C)(C)OC(=O)N1C[C@H]2CC3(CC3)[C@@H](C1)N2C(C)(C)c1ccccc1. The third-order valence-corrected chi connectivity index (χ3v) is 6.57. The molecule has 2 atom stereocenters. The number of ether oxygens (including phenoxy) is 1. The maximum atomic E-state index is 12.7. The Labute approximate surface area is 157 Å². The van der Waals surface area contributed by atoms with E-state index in [9.17, 15) is 4.79 Å². The van der Waals surface area contributed by atoms with E-state index in [1.54, 1.807) is 0 Å². The summed E-state index contributed by atoms with van der Waals surface area (Å²) in [4.78, 5) is 17.4. The summed E-state index contributed by atoms with van der Waals surface area (Å²) in [6, 6.07) is 11.7. The van der Waals surface area contributed by atoms with Gasteiger partial charge in [-0.15, -0.1) is 0 Å². The molecule has 3 aliphatic rings. The summed E-state index contributed by atoms with van der Waals surface area (Å²) in [5.74, 6) is 0. The number of carbonyl (C=O) groups excluding carboxylic acids is 1. The molecule has 1 aromatic carbocycles. The van der Waals surface area contributed by atoms with Gasteiger partial charge in [0.05, 0.1) is 0 Å². The number of piperazine rings is 1. The van der Waals surface area contributed by atoms with Crippen LogP contribution in [-0.4, -0.2) is 46.7 Å². The molecule has 2 saturated heterocycles. The second kappa shape index (κ2) is 5.72. The number of hydrogen-bond acceptors (Lipinski definition) is 3. The van der Waals surface area contributed by atoms with Crippen molar-refractivity contribution in [1.82, 2.24) is 9.80 Å². The summed E-state index contributed by atoms with van der Waals surface area (Å²) in [6.07, 6.45) is 3.67. The molecule has 142 valence electrons.